The lowest BCUT2D eigenvalue weighted by molar-refractivity contribution is 0.0647. The van der Waals surface area contributed by atoms with Gasteiger partial charge in [-0.15, -0.1) is 0 Å². The highest BCUT2D eigenvalue weighted by molar-refractivity contribution is 7.80. The van der Waals surface area contributed by atoms with Gasteiger partial charge in [-0.25, -0.2) is 0 Å². The van der Waals surface area contributed by atoms with Crippen molar-refractivity contribution in [2.24, 2.45) is 0 Å². The first-order chi connectivity index (χ1) is 24.3. The van der Waals surface area contributed by atoms with Gasteiger partial charge in [0.15, 0.2) is 0 Å². The van der Waals surface area contributed by atoms with Crippen molar-refractivity contribution in [1.29, 1.82) is 0 Å². The number of fused-ring (bicyclic) bond motifs is 3. The van der Waals surface area contributed by atoms with Crippen molar-refractivity contribution in [3.8, 4) is 0 Å². The predicted molar refractivity (Wildman–Crippen MR) is 239 cm³/mol. The lowest BCUT2D eigenvalue weighted by atomic mass is 10.1. The van der Waals surface area contributed by atoms with Gasteiger partial charge in [0, 0.05) is 39.3 Å². The minimum atomic E-state index is 1.06. The second-order valence-electron chi connectivity index (χ2n) is 15.2. The molecular formula is C43H97N5S2. The second-order valence-corrected chi connectivity index (χ2v) is 16.1. The van der Waals surface area contributed by atoms with Crippen molar-refractivity contribution in [2.45, 2.75) is 175 Å². The van der Waals surface area contributed by atoms with E-state index in [0.29, 0.717) is 0 Å². The normalized spacial score (nSPS) is 16.1. The molecular weight excluding hydrogens is 651 g/mol. The van der Waals surface area contributed by atoms with Crippen molar-refractivity contribution in [3.05, 3.63) is 0 Å². The number of hydrogen-bond donors (Lipinski definition) is 3. The summed E-state index contributed by atoms with van der Waals surface area (Å²) in [5, 5.41) is 3.39. The van der Waals surface area contributed by atoms with Crippen LogP contribution in [0.2, 0.25) is 0 Å². The minimum Gasteiger partial charge on any atom is -0.317 e. The molecule has 2 bridgehead atoms. The van der Waals surface area contributed by atoms with Crippen LogP contribution in [0.4, 0.5) is 0 Å². The molecule has 0 atom stereocenters. The first kappa shape index (κ1) is 54.8. The predicted octanol–water partition coefficient (Wildman–Crippen LogP) is 11.2. The minimum absolute atomic E-state index is 1.06. The third-order valence-corrected chi connectivity index (χ3v) is 9.98. The maximum absolute atomic E-state index is 4.20. The van der Waals surface area contributed by atoms with Crippen molar-refractivity contribution in [3.63, 3.8) is 0 Å². The van der Waals surface area contributed by atoms with Gasteiger partial charge in [-0.2, -0.15) is 25.3 Å². The number of nitrogens with one attached hydrogen (secondary N) is 1. The summed E-state index contributed by atoms with van der Waals surface area (Å²) in [4.78, 5) is 9.51. The van der Waals surface area contributed by atoms with Crippen LogP contribution in [-0.4, -0.2) is 125 Å². The van der Waals surface area contributed by atoms with E-state index >= 15 is 0 Å². The molecule has 1 N–H and O–H groups in total. The molecule has 3 fully saturated rings. The molecule has 3 saturated heterocycles. The summed E-state index contributed by atoms with van der Waals surface area (Å²) >= 11 is 8.38. The van der Waals surface area contributed by atoms with Crippen LogP contribution in [0.1, 0.15) is 175 Å². The zero-order valence-electron chi connectivity index (χ0n) is 35.9. The molecule has 0 radical (unpaired) electrons. The summed E-state index contributed by atoms with van der Waals surface area (Å²) < 4.78 is 0. The fourth-order valence-electron chi connectivity index (χ4n) is 5.80. The molecule has 0 aromatic heterocycles. The van der Waals surface area contributed by atoms with E-state index in [4.69, 9.17) is 0 Å². The van der Waals surface area contributed by atoms with Gasteiger partial charge in [-0.3, -0.25) is 9.80 Å². The fourth-order valence-corrected chi connectivity index (χ4v) is 6.24. The Balaban J connectivity index is -0.000000557. The van der Waals surface area contributed by atoms with E-state index < -0.39 is 0 Å². The Kier molecular flexibility index (Phi) is 54.3. The molecule has 0 unspecified atom stereocenters. The Labute approximate surface area is 329 Å². The molecule has 0 aromatic carbocycles. The molecule has 3 aliphatic heterocycles. The largest absolute Gasteiger partial charge is 0.317 e. The Morgan fingerprint density at radius 3 is 0.860 bits per heavy atom. The summed E-state index contributed by atoms with van der Waals surface area (Å²) in [6, 6.07) is 0. The highest BCUT2D eigenvalue weighted by atomic mass is 32.1. The van der Waals surface area contributed by atoms with Gasteiger partial charge in [-0.1, -0.05) is 143 Å². The van der Waals surface area contributed by atoms with Crippen LogP contribution in [0.25, 0.3) is 0 Å². The molecule has 50 heavy (non-hydrogen) atoms. The van der Waals surface area contributed by atoms with Crippen LogP contribution < -0.4 is 5.32 Å². The number of piperazine rings is 3. The summed E-state index contributed by atoms with van der Waals surface area (Å²) in [7, 11) is 8.43. The van der Waals surface area contributed by atoms with Gasteiger partial charge in [-0.05, 0) is 98.0 Å². The lowest BCUT2D eigenvalue weighted by Crippen LogP contribution is -2.55. The number of nitrogens with zero attached hydrogens (tertiary/aromatic N) is 4. The van der Waals surface area contributed by atoms with Gasteiger partial charge >= 0.3 is 0 Å². The monoisotopic (exact) mass is 748 g/mol. The highest BCUT2D eigenvalue weighted by Gasteiger charge is 2.21. The molecule has 5 nitrogen and oxygen atoms in total. The van der Waals surface area contributed by atoms with Crippen molar-refractivity contribution in [1.82, 2.24) is 24.9 Å². The van der Waals surface area contributed by atoms with Gasteiger partial charge in [0.25, 0.3) is 0 Å². The number of rotatable bonds is 28. The smallest absolute Gasteiger partial charge is 0.0110 e. The van der Waals surface area contributed by atoms with E-state index in [1.165, 1.54) is 213 Å². The third kappa shape index (κ3) is 52.9. The molecule has 7 heteroatoms. The summed E-state index contributed by atoms with van der Waals surface area (Å²) in [6.45, 7) is 21.7. The van der Waals surface area contributed by atoms with E-state index in [-0.39, 0.29) is 0 Å². The lowest BCUT2D eigenvalue weighted by Gasteiger charge is -2.41. The zero-order valence-corrected chi connectivity index (χ0v) is 37.7. The van der Waals surface area contributed by atoms with Crippen LogP contribution in [-0.2, 0) is 0 Å². The van der Waals surface area contributed by atoms with E-state index in [2.05, 4.69) is 106 Å². The van der Waals surface area contributed by atoms with E-state index in [1.807, 2.05) is 0 Å². The quantitative estimate of drug-likeness (QED) is 0.0547. The molecule has 3 aliphatic rings. The van der Waals surface area contributed by atoms with Gasteiger partial charge < -0.3 is 15.1 Å². The van der Waals surface area contributed by atoms with E-state index in [0.717, 1.165) is 11.5 Å². The standard InChI is InChI=1S/C12H26S.C10H22S.C8H19N.C7H18N2.C6H12N2/c1-2-3-4-5-6-7-8-9-10-11-12-13;1-2-3-4-5-6-7-8-9-10-11;1-3-5-7-9-8-6-4-2;1-8(2)6-5-7-9(3)4;1-2-8-5-3-7(1)4-6-8/h13H,2-12H2,1H3;11H,2-10H2,1H3;9H,3-8H2,1-2H3;5-7H2,1-4H3;1-6H2. The van der Waals surface area contributed by atoms with Gasteiger partial charge in [0.05, 0.1) is 0 Å². The molecule has 0 saturated carbocycles. The Bertz CT molecular complexity index is 504. The molecule has 0 aromatic rings. The van der Waals surface area contributed by atoms with Gasteiger partial charge in [0.1, 0.15) is 0 Å². The molecule has 3 heterocycles. The number of thiol groups is 2. The molecule has 306 valence electrons. The van der Waals surface area contributed by atoms with Crippen LogP contribution in [0.5, 0.6) is 0 Å². The maximum Gasteiger partial charge on any atom is 0.0110 e. The van der Waals surface area contributed by atoms with Crippen molar-refractivity contribution >= 4 is 25.3 Å². The van der Waals surface area contributed by atoms with E-state index in [1.54, 1.807) is 0 Å². The number of hydrogen-bond acceptors (Lipinski definition) is 7. The molecule has 0 aliphatic carbocycles. The topological polar surface area (TPSA) is 25.0 Å². The van der Waals surface area contributed by atoms with Gasteiger partial charge in [0.2, 0.25) is 0 Å². The zero-order chi connectivity index (χ0) is 37.8. The highest BCUT2D eigenvalue weighted by Crippen LogP contribution is 2.11. The Morgan fingerprint density at radius 1 is 0.380 bits per heavy atom. The van der Waals surface area contributed by atoms with Crippen LogP contribution in [0, 0.1) is 0 Å². The van der Waals surface area contributed by atoms with Crippen molar-refractivity contribution < 1.29 is 0 Å². The molecule has 0 amide bonds. The first-order valence-corrected chi connectivity index (χ1v) is 23.3. The molecule has 0 spiro atoms. The second kappa shape index (κ2) is 49.5. The SMILES string of the molecule is C1CN2CCN1CC2.CCCCCCCCCCCCS.CCCCCCCCCCS.CCCCNCCCC.CN(C)CCCN(C)C. The van der Waals surface area contributed by atoms with Crippen LogP contribution >= 0.6 is 25.3 Å². The van der Waals surface area contributed by atoms with Crippen LogP contribution in [0.15, 0.2) is 0 Å². The fraction of sp³-hybridized carbons (Fsp3) is 1.00. The number of unbranched alkanes of at least 4 members (excludes halogenated alkanes) is 18. The summed E-state index contributed by atoms with van der Waals surface area (Å²) in [6.07, 6.45) is 31.9. The summed E-state index contributed by atoms with van der Waals surface area (Å²) in [5.41, 5.74) is 0. The van der Waals surface area contributed by atoms with Crippen LogP contribution in [0.3, 0.4) is 0 Å². The van der Waals surface area contributed by atoms with E-state index in [9.17, 15) is 0 Å². The average Bonchev–Trinajstić information content (AvgIpc) is 3.12. The Morgan fingerprint density at radius 2 is 0.640 bits per heavy atom. The third-order valence-electron chi connectivity index (χ3n) is 9.35. The van der Waals surface area contributed by atoms with Crippen molar-refractivity contribution in [2.75, 3.05) is 105 Å². The molecule has 3 rings (SSSR count). The first-order valence-electron chi connectivity index (χ1n) is 22.0. The average molecular weight is 748 g/mol. The Hall–Kier alpha value is 0.500. The maximum atomic E-state index is 4.20. The summed E-state index contributed by atoms with van der Waals surface area (Å²) in [5.74, 6) is 2.13.